The van der Waals surface area contributed by atoms with Gasteiger partial charge in [0.05, 0.1) is 11.4 Å². The van der Waals surface area contributed by atoms with E-state index in [9.17, 15) is 4.79 Å². The molecule has 0 bridgehead atoms. The van der Waals surface area contributed by atoms with Crippen LogP contribution in [0.2, 0.25) is 0 Å². The van der Waals surface area contributed by atoms with Crippen LogP contribution in [0.25, 0.3) is 0 Å². The van der Waals surface area contributed by atoms with Gasteiger partial charge in [0.15, 0.2) is 0 Å². The lowest BCUT2D eigenvalue weighted by molar-refractivity contribution is 0.0696. The topological polar surface area (TPSA) is 82.5 Å². The number of nitrogens with one attached hydrogen (secondary N) is 1. The van der Waals surface area contributed by atoms with Crippen LogP contribution in [0.1, 0.15) is 35.1 Å². The van der Waals surface area contributed by atoms with Crippen molar-refractivity contribution in [2.45, 2.75) is 33.2 Å². The summed E-state index contributed by atoms with van der Waals surface area (Å²) in [7, 11) is 0. The SMILES string of the molecule is Cc1cc(NC(C)CCO)c(C(=O)O)c(C)n1. The van der Waals surface area contributed by atoms with Gasteiger partial charge in [0, 0.05) is 18.3 Å². The van der Waals surface area contributed by atoms with E-state index in [1.165, 1.54) is 0 Å². The van der Waals surface area contributed by atoms with Gasteiger partial charge in [-0.25, -0.2) is 4.79 Å². The molecule has 0 aliphatic heterocycles. The summed E-state index contributed by atoms with van der Waals surface area (Å²) in [5.74, 6) is -0.992. The van der Waals surface area contributed by atoms with Crippen molar-refractivity contribution >= 4 is 11.7 Å². The molecular formula is C12H18N2O3. The Bertz CT molecular complexity index is 418. The molecule has 0 saturated carbocycles. The van der Waals surface area contributed by atoms with Gasteiger partial charge in [-0.3, -0.25) is 4.98 Å². The first-order valence-electron chi connectivity index (χ1n) is 5.54. The summed E-state index contributed by atoms with van der Waals surface area (Å²) < 4.78 is 0. The largest absolute Gasteiger partial charge is 0.478 e. The Morgan fingerprint density at radius 1 is 1.53 bits per heavy atom. The highest BCUT2D eigenvalue weighted by molar-refractivity contribution is 5.95. The van der Waals surface area contributed by atoms with Crippen molar-refractivity contribution in [3.8, 4) is 0 Å². The minimum Gasteiger partial charge on any atom is -0.478 e. The second-order valence-corrected chi connectivity index (χ2v) is 4.13. The third kappa shape index (κ3) is 3.42. The third-order valence-corrected chi connectivity index (χ3v) is 2.51. The van der Waals surface area contributed by atoms with Crippen molar-refractivity contribution in [2.75, 3.05) is 11.9 Å². The number of aliphatic hydroxyl groups is 1. The number of hydrogen-bond donors (Lipinski definition) is 3. The number of aromatic nitrogens is 1. The van der Waals surface area contributed by atoms with Crippen LogP contribution in [0.4, 0.5) is 5.69 Å². The molecule has 0 radical (unpaired) electrons. The lowest BCUT2D eigenvalue weighted by Crippen LogP contribution is -2.19. The van der Waals surface area contributed by atoms with Gasteiger partial charge in [-0.05, 0) is 33.3 Å². The molecule has 5 nitrogen and oxygen atoms in total. The number of aromatic carboxylic acids is 1. The van der Waals surface area contributed by atoms with E-state index in [4.69, 9.17) is 10.2 Å². The van der Waals surface area contributed by atoms with Crippen LogP contribution in [-0.2, 0) is 0 Å². The summed E-state index contributed by atoms with van der Waals surface area (Å²) >= 11 is 0. The van der Waals surface area contributed by atoms with Gasteiger partial charge in [-0.15, -0.1) is 0 Å². The number of hydrogen-bond acceptors (Lipinski definition) is 4. The Balaban J connectivity index is 3.08. The quantitative estimate of drug-likeness (QED) is 0.725. The zero-order chi connectivity index (χ0) is 13.0. The molecular weight excluding hydrogens is 220 g/mol. The highest BCUT2D eigenvalue weighted by Crippen LogP contribution is 2.21. The number of carbonyl (C=O) groups is 1. The maximum absolute atomic E-state index is 11.2. The standard InChI is InChI=1S/C12H18N2O3/c1-7(4-5-15)14-10-6-8(2)13-9(3)11(10)12(16)17/h6-7,15H,4-5H2,1-3H3,(H,13,14)(H,16,17). The predicted octanol–water partition coefficient (Wildman–Crippen LogP) is 1.58. The van der Waals surface area contributed by atoms with E-state index in [0.717, 1.165) is 5.69 Å². The van der Waals surface area contributed by atoms with E-state index in [0.29, 0.717) is 17.8 Å². The summed E-state index contributed by atoms with van der Waals surface area (Å²) in [5.41, 5.74) is 2.02. The lowest BCUT2D eigenvalue weighted by atomic mass is 10.1. The summed E-state index contributed by atoms with van der Waals surface area (Å²) in [6.45, 7) is 5.46. The number of nitrogens with zero attached hydrogens (tertiary/aromatic N) is 1. The smallest absolute Gasteiger partial charge is 0.339 e. The predicted molar refractivity (Wildman–Crippen MR) is 65.5 cm³/mol. The van der Waals surface area contributed by atoms with Gasteiger partial charge in [0.2, 0.25) is 0 Å². The maximum atomic E-state index is 11.2. The van der Waals surface area contributed by atoms with Crippen molar-refractivity contribution in [3.05, 3.63) is 23.0 Å². The van der Waals surface area contributed by atoms with Crippen LogP contribution >= 0.6 is 0 Å². The number of anilines is 1. The van der Waals surface area contributed by atoms with E-state index in [-0.39, 0.29) is 18.2 Å². The van der Waals surface area contributed by atoms with Crippen LogP contribution in [0.15, 0.2) is 6.07 Å². The zero-order valence-electron chi connectivity index (χ0n) is 10.3. The summed E-state index contributed by atoms with van der Waals surface area (Å²) in [6, 6.07) is 1.73. The van der Waals surface area contributed by atoms with Gasteiger partial charge in [-0.1, -0.05) is 0 Å². The molecule has 1 atom stereocenters. The fourth-order valence-electron chi connectivity index (χ4n) is 1.74. The molecule has 0 fully saturated rings. The maximum Gasteiger partial charge on any atom is 0.339 e. The van der Waals surface area contributed by atoms with Crippen molar-refractivity contribution in [2.24, 2.45) is 0 Å². The van der Waals surface area contributed by atoms with Gasteiger partial charge >= 0.3 is 5.97 Å². The van der Waals surface area contributed by atoms with E-state index < -0.39 is 5.97 Å². The first-order chi connectivity index (χ1) is 7.95. The molecule has 1 aromatic heterocycles. The van der Waals surface area contributed by atoms with Crippen molar-refractivity contribution in [3.63, 3.8) is 0 Å². The molecule has 1 unspecified atom stereocenters. The lowest BCUT2D eigenvalue weighted by Gasteiger charge is -2.17. The first-order valence-corrected chi connectivity index (χ1v) is 5.54. The Morgan fingerprint density at radius 2 is 2.18 bits per heavy atom. The fourth-order valence-corrected chi connectivity index (χ4v) is 1.74. The Morgan fingerprint density at radius 3 is 2.71 bits per heavy atom. The third-order valence-electron chi connectivity index (χ3n) is 2.51. The number of aryl methyl sites for hydroxylation is 2. The van der Waals surface area contributed by atoms with Crippen LogP contribution < -0.4 is 5.32 Å². The average Bonchev–Trinajstić information content (AvgIpc) is 2.15. The molecule has 1 heterocycles. The Labute approximate surface area is 101 Å². The van der Waals surface area contributed by atoms with Crippen molar-refractivity contribution in [1.29, 1.82) is 0 Å². The van der Waals surface area contributed by atoms with Crippen LogP contribution in [0, 0.1) is 13.8 Å². The van der Waals surface area contributed by atoms with Gasteiger partial charge < -0.3 is 15.5 Å². The number of rotatable bonds is 5. The number of pyridine rings is 1. The van der Waals surface area contributed by atoms with Gasteiger partial charge in [0.1, 0.15) is 5.56 Å². The van der Waals surface area contributed by atoms with E-state index >= 15 is 0 Å². The van der Waals surface area contributed by atoms with Gasteiger partial charge in [-0.2, -0.15) is 0 Å². The first kappa shape index (κ1) is 13.4. The Kier molecular flexibility index (Phi) is 4.45. The average molecular weight is 238 g/mol. The van der Waals surface area contributed by atoms with Crippen LogP contribution in [0.5, 0.6) is 0 Å². The number of carboxylic acids is 1. The molecule has 0 aliphatic rings. The molecule has 1 rings (SSSR count). The van der Waals surface area contributed by atoms with E-state index in [1.54, 1.807) is 13.0 Å². The van der Waals surface area contributed by atoms with E-state index in [2.05, 4.69) is 10.3 Å². The molecule has 0 saturated heterocycles. The monoisotopic (exact) mass is 238 g/mol. The van der Waals surface area contributed by atoms with E-state index in [1.807, 2.05) is 13.8 Å². The minimum absolute atomic E-state index is 0.0132. The second-order valence-electron chi connectivity index (χ2n) is 4.13. The zero-order valence-corrected chi connectivity index (χ0v) is 10.3. The normalized spacial score (nSPS) is 12.2. The molecule has 5 heteroatoms. The van der Waals surface area contributed by atoms with Crippen molar-refractivity contribution < 1.29 is 15.0 Å². The molecule has 0 aliphatic carbocycles. The van der Waals surface area contributed by atoms with Gasteiger partial charge in [0.25, 0.3) is 0 Å². The molecule has 94 valence electrons. The summed E-state index contributed by atoms with van der Waals surface area (Å²) in [4.78, 5) is 15.3. The molecule has 0 spiro atoms. The minimum atomic E-state index is -0.992. The van der Waals surface area contributed by atoms with Crippen LogP contribution in [-0.4, -0.2) is 33.8 Å². The number of aliphatic hydroxyl groups excluding tert-OH is 1. The summed E-state index contributed by atoms with van der Waals surface area (Å²) in [6.07, 6.45) is 0.569. The molecule has 3 N–H and O–H groups in total. The summed E-state index contributed by atoms with van der Waals surface area (Å²) in [5, 5.41) is 21.1. The molecule has 0 amide bonds. The Hall–Kier alpha value is -1.62. The highest BCUT2D eigenvalue weighted by atomic mass is 16.4. The molecule has 17 heavy (non-hydrogen) atoms. The van der Waals surface area contributed by atoms with Crippen LogP contribution in [0.3, 0.4) is 0 Å². The molecule has 1 aromatic rings. The van der Waals surface area contributed by atoms with Crippen molar-refractivity contribution in [1.82, 2.24) is 4.98 Å². The molecule has 0 aromatic carbocycles. The second kappa shape index (κ2) is 5.63. The number of carboxylic acid groups (broad SMARTS) is 1. The highest BCUT2D eigenvalue weighted by Gasteiger charge is 2.16. The fraction of sp³-hybridized carbons (Fsp3) is 0.500.